The van der Waals surface area contributed by atoms with Crippen LogP contribution in [-0.4, -0.2) is 20.3 Å². The molecular weight excluding hydrogens is 349 g/mol. The van der Waals surface area contributed by atoms with Crippen molar-refractivity contribution in [3.63, 3.8) is 0 Å². The summed E-state index contributed by atoms with van der Waals surface area (Å²) in [4.78, 5) is 0. The molecule has 9 heteroatoms. The Morgan fingerprint density at radius 2 is 1.50 bits per heavy atom. The van der Waals surface area contributed by atoms with Crippen molar-refractivity contribution in [1.82, 2.24) is 15.0 Å². The molecule has 0 aliphatic rings. The van der Waals surface area contributed by atoms with Gasteiger partial charge in [0.2, 0.25) is 5.82 Å². The number of aryl methyl sites for hydroxylation is 1. The Kier molecular flexibility index (Phi) is 4.36. The van der Waals surface area contributed by atoms with Crippen LogP contribution in [-0.2, 0) is 13.0 Å². The number of rotatable bonds is 4. The highest BCUT2D eigenvalue weighted by molar-refractivity contribution is 9.09. The Balaban J connectivity index is 2.38. The summed E-state index contributed by atoms with van der Waals surface area (Å²) in [6.07, 6.45) is 1.90. The van der Waals surface area contributed by atoms with Crippen LogP contribution in [0.2, 0.25) is 0 Å². The summed E-state index contributed by atoms with van der Waals surface area (Å²) in [5.74, 6) is -9.85. The maximum atomic E-state index is 13.5. The molecule has 0 aliphatic heterocycles. The second-order valence-electron chi connectivity index (χ2n) is 3.89. The maximum Gasteiger partial charge on any atom is 0.200 e. The topological polar surface area (TPSA) is 30.7 Å². The van der Waals surface area contributed by atoms with E-state index in [0.29, 0.717) is 17.4 Å². The smallest absolute Gasteiger partial charge is 0.200 e. The van der Waals surface area contributed by atoms with E-state index in [9.17, 15) is 22.0 Å². The summed E-state index contributed by atoms with van der Waals surface area (Å²) in [7, 11) is 0. The van der Waals surface area contributed by atoms with Gasteiger partial charge in [0.25, 0.3) is 0 Å². The van der Waals surface area contributed by atoms with Gasteiger partial charge in [0.05, 0.1) is 17.8 Å². The summed E-state index contributed by atoms with van der Waals surface area (Å²) in [5, 5.41) is 7.87. The lowest BCUT2D eigenvalue weighted by molar-refractivity contribution is 0.366. The summed E-state index contributed by atoms with van der Waals surface area (Å²) < 4.78 is 66.8. The maximum absolute atomic E-state index is 13.5. The number of alkyl halides is 1. The van der Waals surface area contributed by atoms with Crippen LogP contribution in [0.25, 0.3) is 0 Å². The summed E-state index contributed by atoms with van der Waals surface area (Å²) >= 11 is 3.17. The highest BCUT2D eigenvalue weighted by Crippen LogP contribution is 2.23. The highest BCUT2D eigenvalue weighted by Gasteiger charge is 2.25. The lowest BCUT2D eigenvalue weighted by Gasteiger charge is -2.07. The Labute approximate surface area is 118 Å². The van der Waals surface area contributed by atoms with E-state index in [2.05, 4.69) is 26.2 Å². The van der Waals surface area contributed by atoms with Gasteiger partial charge in [-0.15, -0.1) is 5.10 Å². The molecule has 0 aliphatic carbocycles. The van der Waals surface area contributed by atoms with E-state index in [1.807, 2.05) is 0 Å². The molecule has 2 aromatic rings. The van der Waals surface area contributed by atoms with E-state index in [0.717, 1.165) is 4.68 Å². The summed E-state index contributed by atoms with van der Waals surface area (Å²) in [5.41, 5.74) is -0.414. The molecule has 0 amide bonds. The standard InChI is InChI=1S/C11H7BrF5N3/c12-2-1-5-3-20(19-18-5)4-6-7(13)9(15)11(17)10(16)8(6)14/h3H,1-2,4H2. The first-order valence-corrected chi connectivity index (χ1v) is 6.53. The average Bonchev–Trinajstić information content (AvgIpc) is 2.87. The zero-order valence-corrected chi connectivity index (χ0v) is 11.4. The van der Waals surface area contributed by atoms with Crippen molar-refractivity contribution in [2.45, 2.75) is 13.0 Å². The number of nitrogens with zero attached hydrogens (tertiary/aromatic N) is 3. The molecule has 0 atom stereocenters. The molecule has 0 spiro atoms. The van der Waals surface area contributed by atoms with E-state index in [1.165, 1.54) is 6.20 Å². The third-order valence-corrected chi connectivity index (χ3v) is 2.95. The van der Waals surface area contributed by atoms with Crippen LogP contribution in [0.15, 0.2) is 6.20 Å². The van der Waals surface area contributed by atoms with Gasteiger partial charge in [0, 0.05) is 17.9 Å². The first-order valence-electron chi connectivity index (χ1n) is 5.41. The zero-order valence-electron chi connectivity index (χ0n) is 9.81. The highest BCUT2D eigenvalue weighted by atomic mass is 79.9. The molecule has 0 radical (unpaired) electrons. The number of hydrogen-bond acceptors (Lipinski definition) is 2. The van der Waals surface area contributed by atoms with Gasteiger partial charge in [0.15, 0.2) is 23.3 Å². The quantitative estimate of drug-likeness (QED) is 0.365. The fourth-order valence-corrected chi connectivity index (χ4v) is 1.98. The fraction of sp³-hybridized carbons (Fsp3) is 0.273. The molecule has 0 saturated heterocycles. The predicted molar refractivity (Wildman–Crippen MR) is 62.9 cm³/mol. The molecule has 1 aromatic heterocycles. The third-order valence-electron chi connectivity index (χ3n) is 2.56. The van der Waals surface area contributed by atoms with E-state index >= 15 is 0 Å². The lowest BCUT2D eigenvalue weighted by Crippen LogP contribution is -2.11. The molecule has 2 rings (SSSR count). The molecule has 20 heavy (non-hydrogen) atoms. The van der Waals surface area contributed by atoms with Gasteiger partial charge in [0.1, 0.15) is 0 Å². The normalized spacial score (nSPS) is 11.1. The Hall–Kier alpha value is -1.51. The van der Waals surface area contributed by atoms with Crippen molar-refractivity contribution in [2.75, 3.05) is 5.33 Å². The van der Waals surface area contributed by atoms with Gasteiger partial charge in [-0.25, -0.2) is 26.6 Å². The molecule has 0 bridgehead atoms. The number of hydrogen-bond donors (Lipinski definition) is 0. The molecule has 0 N–H and O–H groups in total. The van der Waals surface area contributed by atoms with Crippen molar-refractivity contribution in [1.29, 1.82) is 0 Å². The Morgan fingerprint density at radius 1 is 0.950 bits per heavy atom. The Bertz CT molecular complexity index is 614. The minimum absolute atomic E-state index is 0.525. The largest absolute Gasteiger partial charge is 0.248 e. The third kappa shape index (κ3) is 2.67. The van der Waals surface area contributed by atoms with E-state index in [4.69, 9.17) is 0 Å². The van der Waals surface area contributed by atoms with Gasteiger partial charge in [-0.2, -0.15) is 0 Å². The van der Waals surface area contributed by atoms with Crippen molar-refractivity contribution < 1.29 is 22.0 Å². The molecule has 1 heterocycles. The van der Waals surface area contributed by atoms with Crippen LogP contribution in [0, 0.1) is 29.1 Å². The number of benzene rings is 1. The van der Waals surface area contributed by atoms with Crippen LogP contribution in [0.3, 0.4) is 0 Å². The summed E-state index contributed by atoms with van der Waals surface area (Å²) in [6, 6.07) is 0. The molecule has 0 fully saturated rings. The van der Waals surface area contributed by atoms with Crippen molar-refractivity contribution in [2.24, 2.45) is 0 Å². The molecule has 0 unspecified atom stereocenters. The van der Waals surface area contributed by atoms with Gasteiger partial charge >= 0.3 is 0 Å². The van der Waals surface area contributed by atoms with Crippen LogP contribution < -0.4 is 0 Å². The molecule has 0 saturated carbocycles. The van der Waals surface area contributed by atoms with Crippen LogP contribution in [0.4, 0.5) is 22.0 Å². The van der Waals surface area contributed by atoms with Crippen LogP contribution in [0.1, 0.15) is 11.3 Å². The molecule has 108 valence electrons. The van der Waals surface area contributed by atoms with E-state index in [1.54, 1.807) is 0 Å². The van der Waals surface area contributed by atoms with Gasteiger partial charge < -0.3 is 0 Å². The van der Waals surface area contributed by atoms with Crippen molar-refractivity contribution >= 4 is 15.9 Å². The monoisotopic (exact) mass is 355 g/mol. The lowest BCUT2D eigenvalue weighted by atomic mass is 10.1. The van der Waals surface area contributed by atoms with E-state index in [-0.39, 0.29) is 0 Å². The molecule has 1 aromatic carbocycles. The first-order chi connectivity index (χ1) is 9.45. The van der Waals surface area contributed by atoms with Crippen molar-refractivity contribution in [3.8, 4) is 0 Å². The second-order valence-corrected chi connectivity index (χ2v) is 4.69. The SMILES string of the molecule is Fc1c(F)c(F)c(Cn2cc(CCBr)nn2)c(F)c1F. The predicted octanol–water partition coefficient (Wildman–Crippen LogP) is 2.96. The summed E-state index contributed by atoms with van der Waals surface area (Å²) in [6.45, 7) is -0.596. The second kappa shape index (κ2) is 5.86. The van der Waals surface area contributed by atoms with Crippen LogP contribution >= 0.6 is 15.9 Å². The van der Waals surface area contributed by atoms with Gasteiger partial charge in [-0.3, -0.25) is 0 Å². The fourth-order valence-electron chi connectivity index (χ4n) is 1.58. The minimum Gasteiger partial charge on any atom is -0.248 e. The van der Waals surface area contributed by atoms with Crippen molar-refractivity contribution in [3.05, 3.63) is 46.5 Å². The Morgan fingerprint density at radius 3 is 2.05 bits per heavy atom. The van der Waals surface area contributed by atoms with Gasteiger partial charge in [-0.05, 0) is 0 Å². The molecular formula is C11H7BrF5N3. The average molecular weight is 356 g/mol. The minimum atomic E-state index is -2.18. The van der Waals surface area contributed by atoms with Gasteiger partial charge in [-0.1, -0.05) is 21.1 Å². The van der Waals surface area contributed by atoms with Crippen LogP contribution in [0.5, 0.6) is 0 Å². The zero-order chi connectivity index (χ0) is 14.9. The number of halogens is 6. The van der Waals surface area contributed by atoms with E-state index < -0.39 is 41.2 Å². The number of aromatic nitrogens is 3. The first kappa shape index (κ1) is 14.9. The molecule has 3 nitrogen and oxygen atoms in total.